The number of hydrogen-bond donors (Lipinski definition) is 0. The molecule has 0 aliphatic rings. The van der Waals surface area contributed by atoms with E-state index in [1.165, 1.54) is 0 Å². The summed E-state index contributed by atoms with van der Waals surface area (Å²) in [5.41, 5.74) is 0.432. The predicted octanol–water partition coefficient (Wildman–Crippen LogP) is 4.43. The second-order valence-electron chi connectivity index (χ2n) is 3.84. The van der Waals surface area contributed by atoms with E-state index in [1.807, 2.05) is 38.1 Å². The van der Waals surface area contributed by atoms with E-state index in [0.29, 0.717) is 15.9 Å². The van der Waals surface area contributed by atoms with Gasteiger partial charge in [0, 0.05) is 22.0 Å². The molecule has 0 saturated heterocycles. The van der Waals surface area contributed by atoms with E-state index in [2.05, 4.69) is 4.98 Å². The van der Waals surface area contributed by atoms with Crippen LogP contribution >= 0.6 is 11.6 Å². The second-order valence-corrected chi connectivity index (χ2v) is 4.27. The van der Waals surface area contributed by atoms with Crippen LogP contribution in [0.15, 0.2) is 53.5 Å². The third kappa shape index (κ3) is 2.59. The summed E-state index contributed by atoms with van der Waals surface area (Å²) in [6.07, 6.45) is 1.63. The first-order valence-electron chi connectivity index (χ1n) is 6.23. The molecule has 0 aliphatic carbocycles. The second kappa shape index (κ2) is 5.81. The van der Waals surface area contributed by atoms with Crippen LogP contribution in [-0.4, -0.2) is 4.98 Å². The smallest absolute Gasteiger partial charge is 0.212 e. The molecule has 2 nitrogen and oxygen atoms in total. The highest BCUT2D eigenvalue weighted by atomic mass is 35.5. The molecule has 3 rings (SSSR count). The minimum absolute atomic E-state index is 0.0581. The quantitative estimate of drug-likeness (QED) is 0.605. The van der Waals surface area contributed by atoms with Crippen LogP contribution < -0.4 is 5.43 Å². The Balaban J connectivity index is 0.000000637. The summed E-state index contributed by atoms with van der Waals surface area (Å²) >= 11 is 5.93. The lowest BCUT2D eigenvalue weighted by molar-refractivity contribution is 1.41. The molecule has 2 aromatic carbocycles. The number of hydrogen-bond acceptors (Lipinski definition) is 2. The summed E-state index contributed by atoms with van der Waals surface area (Å²) in [6.45, 7) is 4.00. The van der Waals surface area contributed by atoms with E-state index in [9.17, 15) is 4.79 Å². The van der Waals surface area contributed by atoms with Gasteiger partial charge in [-0.2, -0.15) is 0 Å². The van der Waals surface area contributed by atoms with Crippen LogP contribution in [0.5, 0.6) is 0 Å². The van der Waals surface area contributed by atoms with E-state index < -0.39 is 0 Å². The average molecular weight is 272 g/mol. The molecule has 0 aliphatic heterocycles. The fourth-order valence-electron chi connectivity index (χ4n) is 1.93. The van der Waals surface area contributed by atoms with Gasteiger partial charge in [0.25, 0.3) is 0 Å². The molecule has 3 heteroatoms. The molecule has 1 aromatic heterocycles. The molecule has 96 valence electrons. The van der Waals surface area contributed by atoms with Crippen LogP contribution in [0.4, 0.5) is 0 Å². The molecule has 3 aromatic rings. The van der Waals surface area contributed by atoms with Crippen molar-refractivity contribution in [2.45, 2.75) is 13.8 Å². The lowest BCUT2D eigenvalue weighted by Crippen LogP contribution is -1.99. The number of nitrogens with zero attached hydrogens (tertiary/aromatic N) is 1. The van der Waals surface area contributed by atoms with Gasteiger partial charge in [-0.3, -0.25) is 9.78 Å². The van der Waals surface area contributed by atoms with Crippen LogP contribution in [0.25, 0.3) is 21.7 Å². The van der Waals surface area contributed by atoms with Gasteiger partial charge >= 0.3 is 0 Å². The van der Waals surface area contributed by atoms with Crippen molar-refractivity contribution in [3.8, 4) is 0 Å². The zero-order valence-corrected chi connectivity index (χ0v) is 11.6. The Hall–Kier alpha value is -1.93. The van der Waals surface area contributed by atoms with Gasteiger partial charge in [-0.25, -0.2) is 0 Å². The maximum Gasteiger partial charge on any atom is 0.212 e. The number of halogens is 1. The molecular formula is C16H14ClNO. The van der Waals surface area contributed by atoms with Crippen molar-refractivity contribution < 1.29 is 0 Å². The van der Waals surface area contributed by atoms with Gasteiger partial charge in [-0.1, -0.05) is 43.6 Å². The van der Waals surface area contributed by atoms with E-state index in [0.717, 1.165) is 10.8 Å². The summed E-state index contributed by atoms with van der Waals surface area (Å²) in [5, 5.41) is 2.94. The summed E-state index contributed by atoms with van der Waals surface area (Å²) in [6, 6.07) is 12.7. The van der Waals surface area contributed by atoms with Crippen molar-refractivity contribution in [3.63, 3.8) is 0 Å². The van der Waals surface area contributed by atoms with Crippen molar-refractivity contribution in [3.05, 3.63) is 63.9 Å². The number of aromatic nitrogens is 1. The third-order valence-electron chi connectivity index (χ3n) is 2.75. The lowest BCUT2D eigenvalue weighted by atomic mass is 10.2. The maximum absolute atomic E-state index is 12.3. The largest absolute Gasteiger partial charge is 0.287 e. The van der Waals surface area contributed by atoms with Gasteiger partial charge in [0.2, 0.25) is 5.43 Å². The van der Waals surface area contributed by atoms with Crippen LogP contribution in [0.2, 0.25) is 5.02 Å². The number of fused-ring (bicyclic) bond motifs is 2. The molecule has 19 heavy (non-hydrogen) atoms. The zero-order chi connectivity index (χ0) is 13.8. The van der Waals surface area contributed by atoms with Gasteiger partial charge in [-0.05, 0) is 29.7 Å². The van der Waals surface area contributed by atoms with Crippen LogP contribution in [0.3, 0.4) is 0 Å². The Labute approximate surface area is 116 Å². The van der Waals surface area contributed by atoms with Gasteiger partial charge < -0.3 is 0 Å². The SMILES string of the molecule is CC.O=c1c2ccc(Cl)cc2ccc2cccnc12. The fourth-order valence-corrected chi connectivity index (χ4v) is 2.11. The summed E-state index contributed by atoms with van der Waals surface area (Å²) < 4.78 is 0. The van der Waals surface area contributed by atoms with Crippen molar-refractivity contribution in [1.29, 1.82) is 0 Å². The number of benzene rings is 1. The first-order valence-corrected chi connectivity index (χ1v) is 6.61. The topological polar surface area (TPSA) is 30.0 Å². The Morgan fingerprint density at radius 1 is 1.00 bits per heavy atom. The molecule has 0 N–H and O–H groups in total. The monoisotopic (exact) mass is 271 g/mol. The molecule has 0 spiro atoms. The zero-order valence-electron chi connectivity index (χ0n) is 10.9. The van der Waals surface area contributed by atoms with E-state index in [1.54, 1.807) is 24.4 Å². The van der Waals surface area contributed by atoms with Crippen LogP contribution in [0, 0.1) is 0 Å². The molecule has 1 heterocycles. The summed E-state index contributed by atoms with van der Waals surface area (Å²) in [5.74, 6) is 0. The van der Waals surface area contributed by atoms with E-state index in [-0.39, 0.29) is 5.43 Å². The predicted molar refractivity (Wildman–Crippen MR) is 81.9 cm³/mol. The Bertz CT molecular complexity index is 784. The summed E-state index contributed by atoms with van der Waals surface area (Å²) in [4.78, 5) is 16.4. The molecule has 0 unspecified atom stereocenters. The van der Waals surface area contributed by atoms with Crippen LogP contribution in [0.1, 0.15) is 13.8 Å². The van der Waals surface area contributed by atoms with Crippen molar-refractivity contribution in [2.75, 3.05) is 0 Å². The first kappa shape index (κ1) is 13.5. The normalized spacial score (nSPS) is 10.1. The van der Waals surface area contributed by atoms with Crippen molar-refractivity contribution >= 4 is 33.3 Å². The Kier molecular flexibility index (Phi) is 4.13. The molecule has 0 saturated carbocycles. The van der Waals surface area contributed by atoms with E-state index in [4.69, 9.17) is 11.6 Å². The van der Waals surface area contributed by atoms with Crippen molar-refractivity contribution in [2.24, 2.45) is 0 Å². The van der Waals surface area contributed by atoms with Crippen LogP contribution in [-0.2, 0) is 0 Å². The molecule has 0 amide bonds. The third-order valence-corrected chi connectivity index (χ3v) is 2.99. The van der Waals surface area contributed by atoms with Gasteiger partial charge in [0.15, 0.2) is 0 Å². The molecule has 0 atom stereocenters. The highest BCUT2D eigenvalue weighted by Crippen LogP contribution is 2.18. The van der Waals surface area contributed by atoms with Gasteiger partial charge in [0.05, 0.1) is 0 Å². The number of pyridine rings is 1. The molecular weight excluding hydrogens is 258 g/mol. The van der Waals surface area contributed by atoms with Crippen molar-refractivity contribution in [1.82, 2.24) is 4.98 Å². The molecule has 0 fully saturated rings. The standard InChI is InChI=1S/C14H8ClNO.C2H6/c15-11-5-6-12-10(8-11)4-3-9-2-1-7-16-13(9)14(12)17;1-2/h1-8H;1-2H3. The maximum atomic E-state index is 12.3. The lowest BCUT2D eigenvalue weighted by Gasteiger charge is -1.92. The average Bonchev–Trinajstić information content (AvgIpc) is 2.59. The molecule has 0 radical (unpaired) electrons. The van der Waals surface area contributed by atoms with Gasteiger partial charge in [0.1, 0.15) is 5.52 Å². The highest BCUT2D eigenvalue weighted by molar-refractivity contribution is 6.31. The Morgan fingerprint density at radius 2 is 1.74 bits per heavy atom. The minimum atomic E-state index is -0.0581. The highest BCUT2D eigenvalue weighted by Gasteiger charge is 2.02. The van der Waals surface area contributed by atoms with E-state index >= 15 is 0 Å². The summed E-state index contributed by atoms with van der Waals surface area (Å²) in [7, 11) is 0. The number of rotatable bonds is 0. The molecule has 0 bridgehead atoms. The van der Waals surface area contributed by atoms with Gasteiger partial charge in [-0.15, -0.1) is 0 Å². The first-order chi connectivity index (χ1) is 9.25. The fraction of sp³-hybridized carbons (Fsp3) is 0.125. The minimum Gasteiger partial charge on any atom is -0.287 e. The Morgan fingerprint density at radius 3 is 2.53 bits per heavy atom.